The molecule has 3 aromatic rings. The maximum Gasteiger partial charge on any atom is 0.215 e. The molecule has 1 aliphatic rings. The number of nitrogens with zero attached hydrogens (tertiary/aromatic N) is 3. The fourth-order valence-corrected chi connectivity index (χ4v) is 4.07. The molecule has 4 rings (SSSR count). The summed E-state index contributed by atoms with van der Waals surface area (Å²) in [4.78, 5) is 4.10. The molecule has 8 nitrogen and oxygen atoms in total. The van der Waals surface area contributed by atoms with E-state index in [1.165, 1.54) is 5.01 Å². The second kappa shape index (κ2) is 9.62. The number of thiocarbonyl (C=S) groups is 1. The van der Waals surface area contributed by atoms with Gasteiger partial charge in [0.2, 0.25) is 5.79 Å². The first-order valence-corrected chi connectivity index (χ1v) is 10.8. The van der Waals surface area contributed by atoms with E-state index in [1.807, 2.05) is 16.8 Å². The fourth-order valence-electron chi connectivity index (χ4n) is 3.41. The lowest BCUT2D eigenvalue weighted by molar-refractivity contribution is -0.189. The summed E-state index contributed by atoms with van der Waals surface area (Å²) in [7, 11) is 0. The molecule has 4 N–H and O–H groups in total. The number of halogens is 2. The van der Waals surface area contributed by atoms with Crippen LogP contribution in [-0.4, -0.2) is 34.0 Å². The van der Waals surface area contributed by atoms with E-state index < -0.39 is 5.79 Å². The molecule has 0 amide bonds. The van der Waals surface area contributed by atoms with Gasteiger partial charge in [0, 0.05) is 29.0 Å². The van der Waals surface area contributed by atoms with E-state index in [0.717, 1.165) is 0 Å². The second-order valence-electron chi connectivity index (χ2n) is 7.18. The van der Waals surface area contributed by atoms with Crippen LogP contribution in [0.3, 0.4) is 0 Å². The van der Waals surface area contributed by atoms with E-state index in [2.05, 4.69) is 4.98 Å². The van der Waals surface area contributed by atoms with Crippen molar-refractivity contribution in [1.29, 1.82) is 0 Å². The summed E-state index contributed by atoms with van der Waals surface area (Å²) >= 11 is 17.5. The molecule has 32 heavy (non-hydrogen) atoms. The van der Waals surface area contributed by atoms with Crippen LogP contribution in [0.1, 0.15) is 5.56 Å². The first-order valence-electron chi connectivity index (χ1n) is 9.66. The predicted octanol–water partition coefficient (Wildman–Crippen LogP) is 3.46. The zero-order chi connectivity index (χ0) is 22.7. The van der Waals surface area contributed by atoms with Gasteiger partial charge in [-0.15, -0.1) is 0 Å². The number of imidazole rings is 1. The zero-order valence-corrected chi connectivity index (χ0v) is 19.2. The van der Waals surface area contributed by atoms with Crippen LogP contribution in [0, 0.1) is 0 Å². The van der Waals surface area contributed by atoms with Crippen molar-refractivity contribution in [2.75, 3.05) is 18.2 Å². The SMILES string of the molecule is NC(=S)N(N)c1cccc(OCC2COC(Cn3ccnc3)(c3ccc(Cl)cc3Cl)O2)c1. The Morgan fingerprint density at radius 3 is 2.88 bits per heavy atom. The average molecular weight is 494 g/mol. The lowest BCUT2D eigenvalue weighted by atomic mass is 10.1. The van der Waals surface area contributed by atoms with E-state index in [9.17, 15) is 0 Å². The number of rotatable bonds is 7. The van der Waals surface area contributed by atoms with Crippen molar-refractivity contribution < 1.29 is 14.2 Å². The first-order chi connectivity index (χ1) is 15.4. The summed E-state index contributed by atoms with van der Waals surface area (Å²) in [5, 5.41) is 2.24. The minimum absolute atomic E-state index is 0.0544. The molecule has 168 valence electrons. The molecule has 2 heterocycles. The van der Waals surface area contributed by atoms with Gasteiger partial charge in [0.1, 0.15) is 18.5 Å². The number of anilines is 1. The van der Waals surface area contributed by atoms with Gasteiger partial charge in [-0.1, -0.05) is 35.3 Å². The lowest BCUT2D eigenvalue weighted by Gasteiger charge is -2.30. The molecule has 2 aromatic carbocycles. The van der Waals surface area contributed by atoms with E-state index in [0.29, 0.717) is 40.2 Å². The molecule has 0 spiro atoms. The molecule has 0 bridgehead atoms. The highest BCUT2D eigenvalue weighted by Crippen LogP contribution is 2.40. The van der Waals surface area contributed by atoms with Crippen LogP contribution < -0.4 is 21.3 Å². The highest BCUT2D eigenvalue weighted by molar-refractivity contribution is 7.80. The topological polar surface area (TPSA) is 101 Å². The van der Waals surface area contributed by atoms with E-state index in [-0.39, 0.29) is 17.8 Å². The molecule has 1 saturated heterocycles. The molecule has 0 saturated carbocycles. The van der Waals surface area contributed by atoms with Crippen molar-refractivity contribution in [3.63, 3.8) is 0 Å². The molecule has 11 heteroatoms. The zero-order valence-electron chi connectivity index (χ0n) is 16.9. The number of hydrogen-bond donors (Lipinski definition) is 2. The monoisotopic (exact) mass is 493 g/mol. The maximum absolute atomic E-state index is 6.49. The smallest absolute Gasteiger partial charge is 0.215 e. The van der Waals surface area contributed by atoms with Crippen LogP contribution in [0.15, 0.2) is 61.2 Å². The Morgan fingerprint density at radius 2 is 2.16 bits per heavy atom. The van der Waals surface area contributed by atoms with Gasteiger partial charge in [0.05, 0.1) is 30.2 Å². The minimum Gasteiger partial charge on any atom is -0.491 e. The van der Waals surface area contributed by atoms with Crippen LogP contribution >= 0.6 is 35.4 Å². The summed E-state index contributed by atoms with van der Waals surface area (Å²) in [5.74, 6) is 5.33. The van der Waals surface area contributed by atoms with E-state index in [4.69, 9.17) is 61.2 Å². The van der Waals surface area contributed by atoms with Gasteiger partial charge in [0.25, 0.3) is 0 Å². The van der Waals surface area contributed by atoms with Crippen LogP contribution in [0.2, 0.25) is 10.0 Å². The molecule has 1 aromatic heterocycles. The van der Waals surface area contributed by atoms with Crippen molar-refractivity contribution in [1.82, 2.24) is 9.55 Å². The third-order valence-corrected chi connectivity index (χ3v) is 5.66. The molecule has 2 atom stereocenters. The van der Waals surface area contributed by atoms with Crippen LogP contribution in [0.25, 0.3) is 0 Å². The molecule has 1 fully saturated rings. The summed E-state index contributed by atoms with van der Waals surface area (Å²) in [5.41, 5.74) is 6.87. The Bertz CT molecular complexity index is 1100. The molecule has 2 unspecified atom stereocenters. The Morgan fingerprint density at radius 1 is 1.31 bits per heavy atom. The standard InChI is InChI=1S/C21H21Cl2N5O3S/c22-14-4-5-18(19(23)8-14)21(12-27-7-6-26-13-27)30-11-17(31-21)10-29-16-3-1-2-15(9-16)28(25)20(24)32/h1-9,13,17H,10-12,25H2,(H2,24,32). The van der Waals surface area contributed by atoms with E-state index in [1.54, 1.807) is 48.9 Å². The average Bonchev–Trinajstić information content (AvgIpc) is 3.42. The van der Waals surface area contributed by atoms with Gasteiger partial charge in [-0.3, -0.25) is 5.01 Å². The molecule has 0 radical (unpaired) electrons. The maximum atomic E-state index is 6.49. The van der Waals surface area contributed by atoms with Gasteiger partial charge >= 0.3 is 0 Å². The van der Waals surface area contributed by atoms with Crippen LogP contribution in [-0.2, 0) is 21.8 Å². The Kier molecular flexibility index (Phi) is 6.85. The first kappa shape index (κ1) is 22.8. The van der Waals surface area contributed by atoms with Crippen molar-refractivity contribution in [3.8, 4) is 5.75 Å². The number of ether oxygens (including phenoxy) is 3. The van der Waals surface area contributed by atoms with Gasteiger partial charge in [-0.2, -0.15) is 0 Å². The normalized spacial score (nSPS) is 20.3. The summed E-state index contributed by atoms with van der Waals surface area (Å²) in [6.45, 7) is 0.914. The van der Waals surface area contributed by atoms with Crippen LogP contribution in [0.5, 0.6) is 5.75 Å². The van der Waals surface area contributed by atoms with Crippen molar-refractivity contribution in [2.45, 2.75) is 18.4 Å². The third kappa shape index (κ3) is 4.98. The minimum atomic E-state index is -1.11. The van der Waals surface area contributed by atoms with Gasteiger partial charge in [-0.25, -0.2) is 10.8 Å². The summed E-state index contributed by atoms with van der Waals surface area (Å²) in [6, 6.07) is 12.3. The number of benzene rings is 2. The molecule has 0 aliphatic carbocycles. The Balaban J connectivity index is 1.50. The molecular weight excluding hydrogens is 473 g/mol. The number of aromatic nitrogens is 2. The molecular formula is C21H21Cl2N5O3S. The van der Waals surface area contributed by atoms with Crippen molar-refractivity contribution >= 4 is 46.2 Å². The Hall–Kier alpha value is -2.40. The van der Waals surface area contributed by atoms with Gasteiger partial charge in [-0.05, 0) is 36.5 Å². The van der Waals surface area contributed by atoms with Gasteiger partial charge in [0.15, 0.2) is 5.11 Å². The molecule has 1 aliphatic heterocycles. The number of hydrogen-bond acceptors (Lipinski definition) is 6. The number of nitrogens with two attached hydrogens (primary N) is 2. The Labute approximate surface area is 200 Å². The summed E-state index contributed by atoms with van der Waals surface area (Å²) < 4.78 is 20.3. The van der Waals surface area contributed by atoms with Crippen LogP contribution in [0.4, 0.5) is 5.69 Å². The highest BCUT2D eigenvalue weighted by atomic mass is 35.5. The third-order valence-electron chi connectivity index (χ3n) is 4.92. The quantitative estimate of drug-likeness (QED) is 0.293. The highest BCUT2D eigenvalue weighted by Gasteiger charge is 2.45. The van der Waals surface area contributed by atoms with Crippen molar-refractivity contribution in [2.24, 2.45) is 11.6 Å². The van der Waals surface area contributed by atoms with Gasteiger partial charge < -0.3 is 24.5 Å². The fraction of sp³-hybridized carbons (Fsp3) is 0.238. The number of hydrazine groups is 1. The van der Waals surface area contributed by atoms with Crippen molar-refractivity contribution in [3.05, 3.63) is 76.8 Å². The summed E-state index contributed by atoms with van der Waals surface area (Å²) in [6.07, 6.45) is 4.86. The predicted molar refractivity (Wildman–Crippen MR) is 127 cm³/mol. The largest absolute Gasteiger partial charge is 0.491 e. The second-order valence-corrected chi connectivity index (χ2v) is 8.44. The lowest BCUT2D eigenvalue weighted by Crippen LogP contribution is -2.41. The van der Waals surface area contributed by atoms with E-state index >= 15 is 0 Å².